The molecule has 0 aliphatic carbocycles. The zero-order chi connectivity index (χ0) is 15.7. The molecule has 2 aromatic rings. The second kappa shape index (κ2) is 5.66. The Morgan fingerprint density at radius 3 is 2.55 bits per heavy atom. The largest absolute Gasteiger partial charge is 0.507 e. The van der Waals surface area contributed by atoms with E-state index in [1.807, 2.05) is 44.4 Å². The molecule has 0 fully saturated rings. The zero-order valence-electron chi connectivity index (χ0n) is 12.6. The van der Waals surface area contributed by atoms with Gasteiger partial charge in [0.05, 0.1) is 25.2 Å². The number of phenolic OH excluding ortho intramolecular Hbond substituents is 1. The number of Topliss-reactive ketones (excluding diaryl/α,β-unsaturated/α-hetero) is 1. The Hall–Kier alpha value is -2.59. The van der Waals surface area contributed by atoms with E-state index in [0.717, 1.165) is 10.5 Å². The highest BCUT2D eigenvalue weighted by atomic mass is 16.5. The molecule has 22 heavy (non-hydrogen) atoms. The van der Waals surface area contributed by atoms with Crippen molar-refractivity contribution in [1.82, 2.24) is 0 Å². The summed E-state index contributed by atoms with van der Waals surface area (Å²) in [5.74, 6) is 0.790. The van der Waals surface area contributed by atoms with Crippen LogP contribution in [0.2, 0.25) is 0 Å². The molecular weight excluding hydrogens is 278 g/mol. The lowest BCUT2D eigenvalue weighted by Crippen LogP contribution is -3.04. The number of phenols is 1. The summed E-state index contributed by atoms with van der Waals surface area (Å²) >= 11 is 0. The van der Waals surface area contributed by atoms with Gasteiger partial charge in [0.2, 0.25) is 5.78 Å². The number of rotatable bonds is 3. The summed E-state index contributed by atoms with van der Waals surface area (Å²) in [6, 6.07) is 12.7. The van der Waals surface area contributed by atoms with Gasteiger partial charge in [-0.1, -0.05) is 30.3 Å². The van der Waals surface area contributed by atoms with E-state index in [4.69, 9.17) is 4.74 Å². The summed E-state index contributed by atoms with van der Waals surface area (Å²) in [4.78, 5) is 13.6. The number of hydrogen-bond donors (Lipinski definition) is 2. The van der Waals surface area contributed by atoms with Crippen molar-refractivity contribution < 1.29 is 19.5 Å². The van der Waals surface area contributed by atoms with E-state index in [0.29, 0.717) is 29.2 Å². The summed E-state index contributed by atoms with van der Waals surface area (Å²) in [6.07, 6.45) is 1.73. The average Bonchev–Trinajstić information content (AvgIpc) is 2.80. The molecule has 0 atom stereocenters. The van der Waals surface area contributed by atoms with Crippen molar-refractivity contribution in [2.45, 2.75) is 6.54 Å². The van der Waals surface area contributed by atoms with Gasteiger partial charge in [0, 0.05) is 0 Å². The van der Waals surface area contributed by atoms with Crippen molar-refractivity contribution in [2.24, 2.45) is 0 Å². The van der Waals surface area contributed by atoms with Gasteiger partial charge in [-0.15, -0.1) is 0 Å². The molecule has 0 radical (unpaired) electrons. The van der Waals surface area contributed by atoms with Crippen LogP contribution in [0.25, 0.3) is 6.08 Å². The summed E-state index contributed by atoms with van der Waals surface area (Å²) in [7, 11) is 3.96. The Balaban J connectivity index is 2.02. The van der Waals surface area contributed by atoms with Gasteiger partial charge < -0.3 is 14.7 Å². The Morgan fingerprint density at radius 1 is 1.14 bits per heavy atom. The van der Waals surface area contributed by atoms with Gasteiger partial charge in [0.25, 0.3) is 0 Å². The van der Waals surface area contributed by atoms with Crippen LogP contribution in [-0.4, -0.2) is 25.0 Å². The molecule has 2 aromatic carbocycles. The van der Waals surface area contributed by atoms with Crippen molar-refractivity contribution in [1.29, 1.82) is 0 Å². The van der Waals surface area contributed by atoms with Gasteiger partial charge in [-0.25, -0.2) is 0 Å². The van der Waals surface area contributed by atoms with E-state index in [2.05, 4.69) is 0 Å². The maximum atomic E-state index is 12.5. The highest BCUT2D eigenvalue weighted by Gasteiger charge is 2.31. The van der Waals surface area contributed by atoms with Gasteiger partial charge in [-0.3, -0.25) is 4.79 Å². The number of quaternary nitrogens is 1. The van der Waals surface area contributed by atoms with Gasteiger partial charge in [0.1, 0.15) is 12.3 Å². The molecule has 3 rings (SSSR count). The third-order valence-electron chi connectivity index (χ3n) is 3.54. The molecule has 0 spiro atoms. The lowest BCUT2D eigenvalue weighted by molar-refractivity contribution is -0.872. The van der Waals surface area contributed by atoms with Crippen LogP contribution in [0.5, 0.6) is 11.5 Å². The summed E-state index contributed by atoms with van der Waals surface area (Å²) in [5.41, 5.74) is 2.08. The second-order valence-corrected chi connectivity index (χ2v) is 5.67. The summed E-state index contributed by atoms with van der Waals surface area (Å²) in [6.45, 7) is 0.584. The highest BCUT2D eigenvalue weighted by Crippen LogP contribution is 2.39. The number of ketones is 1. The van der Waals surface area contributed by atoms with Crippen molar-refractivity contribution in [2.75, 3.05) is 14.1 Å². The number of nitrogens with one attached hydrogen (secondary N) is 1. The second-order valence-electron chi connectivity index (χ2n) is 5.67. The predicted molar refractivity (Wildman–Crippen MR) is 84.0 cm³/mol. The molecule has 1 aliphatic heterocycles. The number of carbonyl (C=O) groups is 1. The lowest BCUT2D eigenvalue weighted by atomic mass is 10.0. The smallest absolute Gasteiger partial charge is 0.231 e. The third-order valence-corrected chi connectivity index (χ3v) is 3.54. The molecule has 4 heteroatoms. The summed E-state index contributed by atoms with van der Waals surface area (Å²) in [5, 5.41) is 10.1. The van der Waals surface area contributed by atoms with E-state index in [1.54, 1.807) is 18.2 Å². The molecule has 0 amide bonds. The number of carbonyl (C=O) groups excluding carboxylic acids is 1. The molecule has 0 unspecified atom stereocenters. The van der Waals surface area contributed by atoms with Gasteiger partial charge in [-0.2, -0.15) is 0 Å². The van der Waals surface area contributed by atoms with Crippen molar-refractivity contribution in [3.05, 3.63) is 64.9 Å². The molecular formula is C18H18NO3+. The molecule has 1 heterocycles. The Bertz CT molecular complexity index is 748. The fourth-order valence-electron chi connectivity index (χ4n) is 2.52. The van der Waals surface area contributed by atoms with Crippen LogP contribution in [0.15, 0.2) is 48.2 Å². The number of ether oxygens (including phenoxy) is 1. The van der Waals surface area contributed by atoms with Crippen molar-refractivity contribution >= 4 is 11.9 Å². The molecule has 2 N–H and O–H groups in total. The SMILES string of the molecule is C[NH+](C)Cc1c(O)ccc2c1O/C(=C\c1ccccc1)C2=O. The Labute approximate surface area is 129 Å². The quantitative estimate of drug-likeness (QED) is 0.847. The minimum atomic E-state index is -0.145. The highest BCUT2D eigenvalue weighted by molar-refractivity contribution is 6.14. The fraction of sp³-hybridized carbons (Fsp3) is 0.167. The number of fused-ring (bicyclic) bond motifs is 1. The molecule has 0 saturated carbocycles. The van der Waals surface area contributed by atoms with Gasteiger partial charge >= 0.3 is 0 Å². The zero-order valence-corrected chi connectivity index (χ0v) is 12.6. The molecule has 112 valence electrons. The third kappa shape index (κ3) is 2.61. The van der Waals surface area contributed by atoms with E-state index >= 15 is 0 Å². The fourth-order valence-corrected chi connectivity index (χ4v) is 2.52. The monoisotopic (exact) mass is 296 g/mol. The topological polar surface area (TPSA) is 51.0 Å². The van der Waals surface area contributed by atoms with Crippen molar-refractivity contribution in [3.8, 4) is 11.5 Å². The summed E-state index contributed by atoms with van der Waals surface area (Å²) < 4.78 is 5.77. The van der Waals surface area contributed by atoms with Crippen LogP contribution in [0.3, 0.4) is 0 Å². The van der Waals surface area contributed by atoms with Crippen molar-refractivity contribution in [3.63, 3.8) is 0 Å². The van der Waals surface area contributed by atoms with E-state index < -0.39 is 0 Å². The lowest BCUT2D eigenvalue weighted by Gasteiger charge is -2.11. The van der Waals surface area contributed by atoms with Crippen LogP contribution in [0.1, 0.15) is 21.5 Å². The first kappa shape index (κ1) is 14.4. The first-order valence-electron chi connectivity index (χ1n) is 7.19. The first-order valence-corrected chi connectivity index (χ1v) is 7.19. The number of aromatic hydroxyl groups is 1. The van der Waals surface area contributed by atoms with Crippen LogP contribution < -0.4 is 9.64 Å². The van der Waals surface area contributed by atoms with Crippen LogP contribution in [0, 0.1) is 0 Å². The molecule has 0 saturated heterocycles. The maximum absolute atomic E-state index is 12.5. The van der Waals surface area contributed by atoms with Gasteiger partial charge in [-0.05, 0) is 23.8 Å². The van der Waals surface area contributed by atoms with E-state index in [1.165, 1.54) is 0 Å². The number of benzene rings is 2. The van der Waals surface area contributed by atoms with Crippen LogP contribution in [-0.2, 0) is 6.54 Å². The molecule has 4 nitrogen and oxygen atoms in total. The van der Waals surface area contributed by atoms with Crippen LogP contribution >= 0.6 is 0 Å². The Morgan fingerprint density at radius 2 is 1.86 bits per heavy atom. The number of hydrogen-bond acceptors (Lipinski definition) is 3. The Kier molecular flexibility index (Phi) is 3.69. The van der Waals surface area contributed by atoms with Crippen LogP contribution in [0.4, 0.5) is 0 Å². The maximum Gasteiger partial charge on any atom is 0.231 e. The standard InChI is InChI=1S/C18H17NO3/c1-19(2)11-14-15(20)9-8-13-17(21)16(22-18(13)14)10-12-6-4-3-5-7-12/h3-10,20H,11H2,1-2H3/p+1/b16-10-. The van der Waals surface area contributed by atoms with E-state index in [-0.39, 0.29) is 11.5 Å². The first-order chi connectivity index (χ1) is 10.6. The molecule has 1 aliphatic rings. The molecule has 0 aromatic heterocycles. The predicted octanol–water partition coefficient (Wildman–Crippen LogP) is 1.65. The van der Waals surface area contributed by atoms with E-state index in [9.17, 15) is 9.90 Å². The normalized spacial score (nSPS) is 15.2. The van der Waals surface area contributed by atoms with Gasteiger partial charge in [0.15, 0.2) is 11.5 Å². The minimum absolute atomic E-state index is 0.145. The molecule has 0 bridgehead atoms. The average molecular weight is 296 g/mol. The number of allylic oxidation sites excluding steroid dienone is 1. The minimum Gasteiger partial charge on any atom is -0.507 e.